The Hall–Kier alpha value is -2.50. The molecule has 3 heterocycles. The Bertz CT molecular complexity index is 1020. The maximum atomic E-state index is 15.0. The molecule has 3 aromatic rings. The number of unbranched alkanes of at least 4 members (excludes halogenated alkanes) is 3. The van der Waals surface area contributed by atoms with Crippen LogP contribution in [0.4, 0.5) is 14.6 Å². The molecule has 0 bridgehead atoms. The van der Waals surface area contributed by atoms with E-state index < -0.39 is 5.92 Å². The molecule has 2 aromatic heterocycles. The summed E-state index contributed by atoms with van der Waals surface area (Å²) < 4.78 is 36.1. The van der Waals surface area contributed by atoms with Crippen molar-refractivity contribution in [1.29, 1.82) is 0 Å². The standard InChI is InChI=1S/C23H27F2N3O/c1-3-4-5-6-7-12-23(24,25)22-26-19-17-11-10-16(2)15-18(17)29-20(19)21(27-22)28-13-8-9-14-28/h3,10-11,15H,1,4-9,12-14H2,2H3. The Labute approximate surface area is 169 Å². The summed E-state index contributed by atoms with van der Waals surface area (Å²) in [6, 6.07) is 5.77. The third-order valence-corrected chi connectivity index (χ3v) is 5.58. The highest BCUT2D eigenvalue weighted by atomic mass is 19.3. The van der Waals surface area contributed by atoms with Crippen LogP contribution in [0.5, 0.6) is 0 Å². The van der Waals surface area contributed by atoms with Gasteiger partial charge in [0.1, 0.15) is 11.1 Å². The van der Waals surface area contributed by atoms with Crippen molar-refractivity contribution in [2.45, 2.75) is 57.8 Å². The lowest BCUT2D eigenvalue weighted by atomic mass is 10.1. The van der Waals surface area contributed by atoms with Crippen molar-refractivity contribution < 1.29 is 13.2 Å². The number of hydrogen-bond acceptors (Lipinski definition) is 4. The molecule has 0 saturated carbocycles. The largest absolute Gasteiger partial charge is 0.450 e. The van der Waals surface area contributed by atoms with Crippen LogP contribution >= 0.6 is 0 Å². The number of halogens is 2. The SMILES string of the molecule is C=CCCCCCC(F)(F)c1nc(N2CCCC2)c2oc3cc(C)ccc3c2n1. The van der Waals surface area contributed by atoms with Crippen LogP contribution in [-0.2, 0) is 5.92 Å². The summed E-state index contributed by atoms with van der Waals surface area (Å²) in [5.74, 6) is -2.95. The van der Waals surface area contributed by atoms with Crippen LogP contribution in [0.1, 0.15) is 56.3 Å². The van der Waals surface area contributed by atoms with Crippen LogP contribution < -0.4 is 4.90 Å². The predicted octanol–water partition coefficient (Wildman–Crippen LogP) is 6.51. The molecule has 0 radical (unpaired) electrons. The molecule has 1 aliphatic heterocycles. The third kappa shape index (κ3) is 3.98. The Kier molecular flexibility index (Phi) is 5.52. The van der Waals surface area contributed by atoms with Crippen LogP contribution in [0.15, 0.2) is 35.3 Å². The number of benzene rings is 1. The summed E-state index contributed by atoms with van der Waals surface area (Å²) in [5.41, 5.74) is 2.72. The van der Waals surface area contributed by atoms with Gasteiger partial charge in [-0.15, -0.1) is 6.58 Å². The Morgan fingerprint density at radius 1 is 1.17 bits per heavy atom. The van der Waals surface area contributed by atoms with E-state index in [0.29, 0.717) is 28.9 Å². The number of allylic oxidation sites excluding steroid dienone is 1. The Balaban J connectivity index is 1.75. The van der Waals surface area contributed by atoms with E-state index in [9.17, 15) is 0 Å². The van der Waals surface area contributed by atoms with Gasteiger partial charge in [0.15, 0.2) is 11.4 Å². The highest BCUT2D eigenvalue weighted by molar-refractivity contribution is 6.06. The van der Waals surface area contributed by atoms with Gasteiger partial charge in [0.25, 0.3) is 0 Å². The second-order valence-electron chi connectivity index (χ2n) is 7.94. The van der Waals surface area contributed by atoms with Crippen molar-refractivity contribution in [2.24, 2.45) is 0 Å². The molecule has 0 N–H and O–H groups in total. The molecule has 0 amide bonds. The fraction of sp³-hybridized carbons (Fsp3) is 0.478. The molecule has 1 saturated heterocycles. The smallest absolute Gasteiger partial charge is 0.306 e. The summed E-state index contributed by atoms with van der Waals surface area (Å²) >= 11 is 0. The monoisotopic (exact) mass is 399 g/mol. The number of aromatic nitrogens is 2. The minimum absolute atomic E-state index is 0.246. The number of nitrogens with zero attached hydrogens (tertiary/aromatic N) is 3. The molecule has 4 nitrogen and oxygen atoms in total. The van der Waals surface area contributed by atoms with Crippen LogP contribution in [0.3, 0.4) is 0 Å². The lowest BCUT2D eigenvalue weighted by Crippen LogP contribution is -2.23. The minimum Gasteiger partial charge on any atom is -0.450 e. The van der Waals surface area contributed by atoms with Crippen molar-refractivity contribution in [1.82, 2.24) is 9.97 Å². The zero-order valence-corrected chi connectivity index (χ0v) is 16.9. The fourth-order valence-electron chi connectivity index (χ4n) is 3.97. The average Bonchev–Trinajstić information content (AvgIpc) is 3.34. The molecule has 1 aliphatic rings. The molecule has 1 aromatic carbocycles. The summed E-state index contributed by atoms with van der Waals surface area (Å²) in [6.07, 6.45) is 6.55. The molecule has 0 atom stereocenters. The first-order valence-corrected chi connectivity index (χ1v) is 10.4. The number of rotatable bonds is 8. The topological polar surface area (TPSA) is 42.2 Å². The lowest BCUT2D eigenvalue weighted by Gasteiger charge is -2.20. The first-order chi connectivity index (χ1) is 14.0. The number of furan rings is 1. The van der Waals surface area contributed by atoms with Gasteiger partial charge in [-0.2, -0.15) is 8.78 Å². The van der Waals surface area contributed by atoms with E-state index in [1.54, 1.807) is 0 Å². The summed E-state index contributed by atoms with van der Waals surface area (Å²) in [7, 11) is 0. The third-order valence-electron chi connectivity index (χ3n) is 5.58. The first kappa shape index (κ1) is 19.8. The lowest BCUT2D eigenvalue weighted by molar-refractivity contribution is -0.0244. The van der Waals surface area contributed by atoms with Crippen molar-refractivity contribution in [3.8, 4) is 0 Å². The molecule has 0 unspecified atom stereocenters. The van der Waals surface area contributed by atoms with E-state index in [0.717, 1.165) is 56.1 Å². The summed E-state index contributed by atoms with van der Waals surface area (Å²) in [5, 5.41) is 0.761. The van der Waals surface area contributed by atoms with Crippen molar-refractivity contribution in [2.75, 3.05) is 18.0 Å². The van der Waals surface area contributed by atoms with Crippen LogP contribution in [-0.4, -0.2) is 23.1 Å². The zero-order chi connectivity index (χ0) is 20.4. The number of fused-ring (bicyclic) bond motifs is 3. The predicted molar refractivity (Wildman–Crippen MR) is 113 cm³/mol. The molecular weight excluding hydrogens is 372 g/mol. The molecule has 4 rings (SSSR count). The molecule has 154 valence electrons. The van der Waals surface area contributed by atoms with Crippen LogP contribution in [0.2, 0.25) is 0 Å². The zero-order valence-electron chi connectivity index (χ0n) is 16.9. The van der Waals surface area contributed by atoms with Gasteiger partial charge in [0.05, 0.1) is 0 Å². The number of aryl methyl sites for hydroxylation is 1. The fourth-order valence-corrected chi connectivity index (χ4v) is 3.97. The average molecular weight is 399 g/mol. The van der Waals surface area contributed by atoms with Gasteiger partial charge in [0, 0.05) is 24.9 Å². The van der Waals surface area contributed by atoms with Crippen LogP contribution in [0, 0.1) is 6.92 Å². The quantitative estimate of drug-likeness (QED) is 0.320. The molecule has 0 aliphatic carbocycles. The van der Waals surface area contributed by atoms with Crippen molar-refractivity contribution >= 4 is 27.9 Å². The van der Waals surface area contributed by atoms with E-state index in [4.69, 9.17) is 4.42 Å². The van der Waals surface area contributed by atoms with Crippen molar-refractivity contribution in [3.63, 3.8) is 0 Å². The first-order valence-electron chi connectivity index (χ1n) is 10.4. The second-order valence-corrected chi connectivity index (χ2v) is 7.94. The maximum Gasteiger partial charge on any atom is 0.306 e. The normalized spacial score (nSPS) is 14.9. The van der Waals surface area contributed by atoms with Gasteiger partial charge in [-0.25, -0.2) is 9.97 Å². The molecule has 1 fully saturated rings. The minimum atomic E-state index is -3.06. The van der Waals surface area contributed by atoms with Gasteiger partial charge in [-0.1, -0.05) is 18.6 Å². The Morgan fingerprint density at radius 2 is 1.97 bits per heavy atom. The second kappa shape index (κ2) is 8.09. The van der Waals surface area contributed by atoms with E-state index in [-0.39, 0.29) is 12.2 Å². The van der Waals surface area contributed by atoms with E-state index in [1.165, 1.54) is 0 Å². The van der Waals surface area contributed by atoms with Crippen LogP contribution in [0.25, 0.3) is 22.1 Å². The van der Waals surface area contributed by atoms with Crippen molar-refractivity contribution in [3.05, 3.63) is 42.2 Å². The maximum absolute atomic E-state index is 15.0. The van der Waals surface area contributed by atoms with Gasteiger partial charge in [0.2, 0.25) is 5.82 Å². The van der Waals surface area contributed by atoms with E-state index >= 15 is 8.78 Å². The number of anilines is 1. The van der Waals surface area contributed by atoms with E-state index in [1.807, 2.05) is 36.1 Å². The molecular formula is C23H27F2N3O. The number of hydrogen-bond donors (Lipinski definition) is 0. The highest BCUT2D eigenvalue weighted by Gasteiger charge is 2.37. The summed E-state index contributed by atoms with van der Waals surface area (Å²) in [6.45, 7) is 7.25. The van der Waals surface area contributed by atoms with Gasteiger partial charge in [-0.3, -0.25) is 0 Å². The van der Waals surface area contributed by atoms with Gasteiger partial charge < -0.3 is 9.32 Å². The highest BCUT2D eigenvalue weighted by Crippen LogP contribution is 2.39. The summed E-state index contributed by atoms with van der Waals surface area (Å²) in [4.78, 5) is 10.7. The van der Waals surface area contributed by atoms with Gasteiger partial charge >= 0.3 is 5.92 Å². The van der Waals surface area contributed by atoms with Gasteiger partial charge in [-0.05, 0) is 56.7 Å². The Morgan fingerprint density at radius 3 is 2.72 bits per heavy atom. The molecule has 29 heavy (non-hydrogen) atoms. The number of alkyl halides is 2. The van der Waals surface area contributed by atoms with E-state index in [2.05, 4.69) is 16.5 Å². The molecule has 0 spiro atoms. The molecule has 6 heteroatoms.